The van der Waals surface area contributed by atoms with E-state index in [0.717, 1.165) is 11.0 Å². The molecule has 0 bridgehead atoms. The molecule has 0 N–H and O–H groups in total. The van der Waals surface area contributed by atoms with Gasteiger partial charge in [0.05, 0.1) is 26.2 Å². The number of hydrogen-bond donors (Lipinski definition) is 0. The zero-order valence-corrected chi connectivity index (χ0v) is 9.99. The second-order valence-electron chi connectivity index (χ2n) is 4.76. The fraction of sp³-hybridized carbons (Fsp3) is 0.909. The summed E-state index contributed by atoms with van der Waals surface area (Å²) in [6, 6.07) is 0. The van der Waals surface area contributed by atoms with Crippen LogP contribution in [0.2, 0.25) is 0 Å². The lowest BCUT2D eigenvalue weighted by molar-refractivity contribution is -0.897. The molecule has 4 heteroatoms. The largest absolute Gasteiger partial charge is 0.508 e. The predicted molar refractivity (Wildman–Crippen MR) is 57.6 cm³/mol. The molecule has 4 nitrogen and oxygen atoms in total. The number of likely N-dealkylation sites (tertiary alicyclic amines) is 1. The molecule has 0 atom stereocenters. The average molecular weight is 216 g/mol. The minimum absolute atomic E-state index is 0.103. The van der Waals surface area contributed by atoms with Crippen molar-refractivity contribution < 1.29 is 18.8 Å². The first kappa shape index (κ1) is 12.3. The van der Waals surface area contributed by atoms with Crippen molar-refractivity contribution in [2.24, 2.45) is 0 Å². The highest BCUT2D eigenvalue weighted by Gasteiger charge is 2.26. The van der Waals surface area contributed by atoms with E-state index in [1.807, 2.05) is 13.8 Å². The first-order chi connectivity index (χ1) is 7.02. The van der Waals surface area contributed by atoms with Crippen LogP contribution < -0.4 is 0 Å². The molecule has 0 radical (unpaired) electrons. The van der Waals surface area contributed by atoms with Gasteiger partial charge >= 0.3 is 6.16 Å². The molecule has 0 aromatic carbocycles. The highest BCUT2D eigenvalue weighted by atomic mass is 16.7. The Morgan fingerprint density at radius 3 is 2.47 bits per heavy atom. The Morgan fingerprint density at radius 2 is 1.93 bits per heavy atom. The topological polar surface area (TPSA) is 35.5 Å². The standard InChI is InChI=1S/C11H22NO3/c1-10(2)15-11(13)14-9-8-12(3)6-4-5-7-12/h10H,4-9H2,1-3H3/q+1. The van der Waals surface area contributed by atoms with Gasteiger partial charge in [-0.15, -0.1) is 0 Å². The second kappa shape index (κ2) is 5.35. The predicted octanol–water partition coefficient (Wildman–Crippen LogP) is 1.79. The van der Waals surface area contributed by atoms with Crippen molar-refractivity contribution in [2.75, 3.05) is 33.3 Å². The molecule has 1 rings (SSSR count). The van der Waals surface area contributed by atoms with E-state index >= 15 is 0 Å². The molecular weight excluding hydrogens is 194 g/mol. The summed E-state index contributed by atoms with van der Waals surface area (Å²) in [5.74, 6) is 0. The summed E-state index contributed by atoms with van der Waals surface area (Å²) in [5, 5.41) is 0. The number of ether oxygens (including phenoxy) is 2. The number of rotatable bonds is 4. The summed E-state index contributed by atoms with van der Waals surface area (Å²) in [6.07, 6.45) is 1.92. The van der Waals surface area contributed by atoms with E-state index in [4.69, 9.17) is 9.47 Å². The van der Waals surface area contributed by atoms with Gasteiger partial charge in [-0.1, -0.05) is 0 Å². The van der Waals surface area contributed by atoms with Crippen LogP contribution in [0.3, 0.4) is 0 Å². The van der Waals surface area contributed by atoms with Crippen molar-refractivity contribution >= 4 is 6.16 Å². The van der Waals surface area contributed by atoms with Gasteiger partial charge in [0.15, 0.2) is 0 Å². The van der Waals surface area contributed by atoms with Crippen molar-refractivity contribution in [1.29, 1.82) is 0 Å². The Bertz CT molecular complexity index is 210. The van der Waals surface area contributed by atoms with Gasteiger partial charge < -0.3 is 14.0 Å². The van der Waals surface area contributed by atoms with E-state index < -0.39 is 6.16 Å². The third-order valence-corrected chi connectivity index (χ3v) is 2.83. The van der Waals surface area contributed by atoms with Crippen LogP contribution in [0.4, 0.5) is 4.79 Å². The number of quaternary nitrogens is 1. The Hall–Kier alpha value is -0.770. The fourth-order valence-electron chi connectivity index (χ4n) is 1.90. The normalized spacial score (nSPS) is 19.2. The molecule has 0 saturated carbocycles. The first-order valence-corrected chi connectivity index (χ1v) is 5.69. The quantitative estimate of drug-likeness (QED) is 0.531. The van der Waals surface area contributed by atoms with Crippen LogP contribution in [0, 0.1) is 0 Å². The van der Waals surface area contributed by atoms with Crippen molar-refractivity contribution in [2.45, 2.75) is 32.8 Å². The maximum Gasteiger partial charge on any atom is 0.508 e. The molecule has 88 valence electrons. The zero-order chi connectivity index (χ0) is 11.3. The van der Waals surface area contributed by atoms with Crippen LogP contribution in [0.1, 0.15) is 26.7 Å². The zero-order valence-electron chi connectivity index (χ0n) is 9.99. The molecular formula is C11H22NO3+. The van der Waals surface area contributed by atoms with Crippen LogP contribution >= 0.6 is 0 Å². The number of nitrogens with zero attached hydrogens (tertiary/aromatic N) is 1. The van der Waals surface area contributed by atoms with Crippen molar-refractivity contribution in [3.05, 3.63) is 0 Å². The van der Waals surface area contributed by atoms with Gasteiger partial charge in [-0.2, -0.15) is 0 Å². The molecule has 1 aliphatic heterocycles. The average Bonchev–Trinajstić information content (AvgIpc) is 2.51. The van der Waals surface area contributed by atoms with Crippen LogP contribution in [0.15, 0.2) is 0 Å². The molecule has 1 fully saturated rings. The molecule has 1 saturated heterocycles. The lowest BCUT2D eigenvalue weighted by atomic mass is 10.4. The lowest BCUT2D eigenvalue weighted by Gasteiger charge is -2.28. The molecule has 0 unspecified atom stereocenters. The number of carbonyl (C=O) groups is 1. The summed E-state index contributed by atoms with van der Waals surface area (Å²) in [6.45, 7) is 7.38. The van der Waals surface area contributed by atoms with Gasteiger partial charge in [-0.3, -0.25) is 0 Å². The third-order valence-electron chi connectivity index (χ3n) is 2.83. The minimum Gasteiger partial charge on any atom is -0.432 e. The molecule has 0 aliphatic carbocycles. The highest BCUT2D eigenvalue weighted by molar-refractivity contribution is 5.59. The van der Waals surface area contributed by atoms with E-state index in [1.165, 1.54) is 25.9 Å². The summed E-state index contributed by atoms with van der Waals surface area (Å²) < 4.78 is 10.9. The van der Waals surface area contributed by atoms with Gasteiger partial charge in [0.1, 0.15) is 13.2 Å². The Labute approximate surface area is 91.7 Å². The number of hydrogen-bond acceptors (Lipinski definition) is 3. The Balaban J connectivity index is 2.12. The highest BCUT2D eigenvalue weighted by Crippen LogP contribution is 2.15. The third kappa shape index (κ3) is 4.51. The lowest BCUT2D eigenvalue weighted by Crippen LogP contribution is -2.43. The summed E-state index contributed by atoms with van der Waals surface area (Å²) in [4.78, 5) is 11.1. The Kier molecular flexibility index (Phi) is 4.39. The van der Waals surface area contributed by atoms with Crippen LogP contribution in [0.25, 0.3) is 0 Å². The van der Waals surface area contributed by atoms with Crippen LogP contribution in [0.5, 0.6) is 0 Å². The van der Waals surface area contributed by atoms with Gasteiger partial charge in [-0.25, -0.2) is 4.79 Å². The number of carbonyl (C=O) groups excluding carboxylic acids is 1. The van der Waals surface area contributed by atoms with E-state index in [0.29, 0.717) is 6.61 Å². The van der Waals surface area contributed by atoms with Gasteiger partial charge in [0.2, 0.25) is 0 Å². The van der Waals surface area contributed by atoms with Crippen molar-refractivity contribution in [3.63, 3.8) is 0 Å². The van der Waals surface area contributed by atoms with E-state index in [-0.39, 0.29) is 6.10 Å². The van der Waals surface area contributed by atoms with Crippen LogP contribution in [-0.4, -0.2) is 50.0 Å². The molecule has 0 aromatic heterocycles. The Morgan fingerprint density at radius 1 is 1.33 bits per heavy atom. The van der Waals surface area contributed by atoms with Gasteiger partial charge in [-0.05, 0) is 13.8 Å². The maximum atomic E-state index is 11.1. The molecule has 0 aromatic rings. The number of likely N-dealkylation sites (N-methyl/N-ethyl adjacent to an activating group) is 1. The van der Waals surface area contributed by atoms with Crippen LogP contribution in [-0.2, 0) is 9.47 Å². The SMILES string of the molecule is CC(C)OC(=O)OCC[N+]1(C)CCCC1. The van der Waals surface area contributed by atoms with Gasteiger partial charge in [0, 0.05) is 12.8 Å². The molecule has 0 spiro atoms. The second-order valence-corrected chi connectivity index (χ2v) is 4.76. The summed E-state index contributed by atoms with van der Waals surface area (Å²) in [7, 11) is 2.21. The van der Waals surface area contributed by atoms with E-state index in [9.17, 15) is 4.79 Å². The summed E-state index contributed by atoms with van der Waals surface area (Å²) >= 11 is 0. The summed E-state index contributed by atoms with van der Waals surface area (Å²) in [5.41, 5.74) is 0. The van der Waals surface area contributed by atoms with Crippen molar-refractivity contribution in [3.8, 4) is 0 Å². The molecule has 1 heterocycles. The maximum absolute atomic E-state index is 11.1. The van der Waals surface area contributed by atoms with Crippen molar-refractivity contribution in [1.82, 2.24) is 0 Å². The molecule has 1 aliphatic rings. The van der Waals surface area contributed by atoms with E-state index in [1.54, 1.807) is 0 Å². The van der Waals surface area contributed by atoms with Gasteiger partial charge in [0.25, 0.3) is 0 Å². The molecule has 15 heavy (non-hydrogen) atoms. The fourth-order valence-corrected chi connectivity index (χ4v) is 1.90. The first-order valence-electron chi connectivity index (χ1n) is 5.69. The minimum atomic E-state index is -0.546. The van der Waals surface area contributed by atoms with E-state index in [2.05, 4.69) is 7.05 Å². The smallest absolute Gasteiger partial charge is 0.432 e. The monoisotopic (exact) mass is 216 g/mol. The molecule has 0 amide bonds.